The Hall–Kier alpha value is -0.480. The van der Waals surface area contributed by atoms with Crippen LogP contribution < -0.4 is 5.73 Å². The quantitative estimate of drug-likeness (QED) is 0.816. The van der Waals surface area contributed by atoms with Crippen LogP contribution in [0.4, 0.5) is 0 Å². The fraction of sp³-hybridized carbons (Fsp3) is 0.800. The summed E-state index contributed by atoms with van der Waals surface area (Å²) in [6.07, 6.45) is 4.63. The fourth-order valence-corrected chi connectivity index (χ4v) is 3.05. The van der Waals surface area contributed by atoms with E-state index in [1.807, 2.05) is 6.92 Å². The molecule has 0 aliphatic heterocycles. The largest absolute Gasteiger partial charge is 0.319 e. The molecule has 0 radical (unpaired) electrons. The minimum Gasteiger partial charge on any atom is -0.319 e. The number of nitrogens with two attached hydrogens (primary N) is 1. The van der Waals surface area contributed by atoms with Crippen molar-refractivity contribution in [1.29, 1.82) is 0 Å². The molecule has 78 valence electrons. The standard InChI is InChI=1S/C10H17N3S/c1-3-8-4-5-10(11,6-8)9-13-12-7(2)14-9/h8H,3-6,11H2,1-2H3. The van der Waals surface area contributed by atoms with Gasteiger partial charge in [0.1, 0.15) is 10.0 Å². The molecule has 0 amide bonds. The maximum atomic E-state index is 6.37. The zero-order valence-electron chi connectivity index (χ0n) is 8.79. The smallest absolute Gasteiger partial charge is 0.137 e. The first-order chi connectivity index (χ1) is 6.64. The number of hydrogen-bond acceptors (Lipinski definition) is 4. The Labute approximate surface area is 88.7 Å². The SMILES string of the molecule is CCC1CCC(N)(c2nnc(C)s2)C1. The summed E-state index contributed by atoms with van der Waals surface area (Å²) in [7, 11) is 0. The van der Waals surface area contributed by atoms with Gasteiger partial charge in [0.05, 0.1) is 5.54 Å². The summed E-state index contributed by atoms with van der Waals surface area (Å²) in [6.45, 7) is 4.22. The number of rotatable bonds is 2. The van der Waals surface area contributed by atoms with E-state index in [2.05, 4.69) is 17.1 Å². The van der Waals surface area contributed by atoms with Gasteiger partial charge in [0, 0.05) is 0 Å². The molecule has 3 nitrogen and oxygen atoms in total. The number of nitrogens with zero attached hydrogens (tertiary/aromatic N) is 2. The van der Waals surface area contributed by atoms with Crippen LogP contribution in [-0.2, 0) is 5.54 Å². The van der Waals surface area contributed by atoms with Crippen molar-refractivity contribution < 1.29 is 0 Å². The molecule has 2 N–H and O–H groups in total. The lowest BCUT2D eigenvalue weighted by Gasteiger charge is -2.20. The maximum Gasteiger partial charge on any atom is 0.137 e. The molecular formula is C10H17N3S. The molecule has 1 aromatic rings. The maximum absolute atomic E-state index is 6.37. The van der Waals surface area contributed by atoms with Crippen LogP contribution in [0.15, 0.2) is 0 Å². The Morgan fingerprint density at radius 1 is 1.57 bits per heavy atom. The molecule has 0 spiro atoms. The number of aromatic nitrogens is 2. The van der Waals surface area contributed by atoms with Crippen LogP contribution >= 0.6 is 11.3 Å². The van der Waals surface area contributed by atoms with Crippen LogP contribution in [0.3, 0.4) is 0 Å². The number of aryl methyl sites for hydroxylation is 1. The van der Waals surface area contributed by atoms with Crippen molar-refractivity contribution >= 4 is 11.3 Å². The van der Waals surface area contributed by atoms with E-state index in [1.165, 1.54) is 12.8 Å². The summed E-state index contributed by atoms with van der Waals surface area (Å²) >= 11 is 1.65. The summed E-state index contributed by atoms with van der Waals surface area (Å²) in [6, 6.07) is 0. The third-order valence-corrected chi connectivity index (χ3v) is 4.24. The molecule has 4 heteroatoms. The molecule has 1 aliphatic carbocycles. The first-order valence-corrected chi connectivity index (χ1v) is 6.05. The van der Waals surface area contributed by atoms with Crippen LogP contribution in [0.2, 0.25) is 0 Å². The lowest BCUT2D eigenvalue weighted by atomic mass is 9.97. The molecule has 1 fully saturated rings. The second-order valence-electron chi connectivity index (χ2n) is 4.30. The van der Waals surface area contributed by atoms with E-state index >= 15 is 0 Å². The van der Waals surface area contributed by atoms with Crippen molar-refractivity contribution in [2.75, 3.05) is 0 Å². The van der Waals surface area contributed by atoms with Crippen LogP contribution in [-0.4, -0.2) is 10.2 Å². The van der Waals surface area contributed by atoms with Gasteiger partial charge in [-0.25, -0.2) is 0 Å². The van der Waals surface area contributed by atoms with Gasteiger partial charge in [-0.05, 0) is 32.1 Å². The molecule has 2 atom stereocenters. The predicted octanol–water partition coefficient (Wildman–Crippen LogP) is 2.21. The Morgan fingerprint density at radius 2 is 2.36 bits per heavy atom. The van der Waals surface area contributed by atoms with E-state index in [9.17, 15) is 0 Å². The van der Waals surface area contributed by atoms with Crippen molar-refractivity contribution in [3.05, 3.63) is 10.0 Å². The van der Waals surface area contributed by atoms with E-state index in [0.717, 1.165) is 28.8 Å². The first-order valence-electron chi connectivity index (χ1n) is 5.23. The molecule has 1 heterocycles. The Balaban J connectivity index is 2.18. The summed E-state index contributed by atoms with van der Waals surface area (Å²) in [5.41, 5.74) is 6.19. The molecule has 1 aliphatic rings. The zero-order chi connectivity index (χ0) is 10.2. The van der Waals surface area contributed by atoms with Crippen molar-refractivity contribution in [3.63, 3.8) is 0 Å². The average Bonchev–Trinajstić information content (AvgIpc) is 2.73. The van der Waals surface area contributed by atoms with Crippen LogP contribution in [0.25, 0.3) is 0 Å². The van der Waals surface area contributed by atoms with Gasteiger partial charge in [0.15, 0.2) is 0 Å². The van der Waals surface area contributed by atoms with Gasteiger partial charge >= 0.3 is 0 Å². The topological polar surface area (TPSA) is 51.8 Å². The van der Waals surface area contributed by atoms with Crippen molar-refractivity contribution in [2.45, 2.75) is 45.1 Å². The van der Waals surface area contributed by atoms with E-state index in [1.54, 1.807) is 11.3 Å². The molecule has 1 saturated carbocycles. The average molecular weight is 211 g/mol. The first kappa shape index (κ1) is 10.1. The van der Waals surface area contributed by atoms with Gasteiger partial charge in [-0.2, -0.15) is 0 Å². The lowest BCUT2D eigenvalue weighted by Crippen LogP contribution is -2.33. The molecule has 14 heavy (non-hydrogen) atoms. The van der Waals surface area contributed by atoms with E-state index < -0.39 is 0 Å². The highest BCUT2D eigenvalue weighted by molar-refractivity contribution is 7.11. The fourth-order valence-electron chi connectivity index (χ4n) is 2.22. The monoisotopic (exact) mass is 211 g/mol. The third kappa shape index (κ3) is 1.68. The van der Waals surface area contributed by atoms with Crippen molar-refractivity contribution in [1.82, 2.24) is 10.2 Å². The van der Waals surface area contributed by atoms with Crippen LogP contribution in [0.1, 0.15) is 42.6 Å². The molecule has 2 unspecified atom stereocenters. The van der Waals surface area contributed by atoms with Gasteiger partial charge in [0.2, 0.25) is 0 Å². The molecule has 0 saturated heterocycles. The van der Waals surface area contributed by atoms with Gasteiger partial charge in [0.25, 0.3) is 0 Å². The Morgan fingerprint density at radius 3 is 2.86 bits per heavy atom. The highest BCUT2D eigenvalue weighted by Gasteiger charge is 2.38. The Kier molecular flexibility index (Phi) is 2.58. The second-order valence-corrected chi connectivity index (χ2v) is 5.48. The predicted molar refractivity (Wildman–Crippen MR) is 58.1 cm³/mol. The summed E-state index contributed by atoms with van der Waals surface area (Å²) in [4.78, 5) is 0. The molecule has 2 rings (SSSR count). The molecule has 0 bridgehead atoms. The Bertz CT molecular complexity index is 323. The van der Waals surface area contributed by atoms with Gasteiger partial charge in [-0.3, -0.25) is 0 Å². The summed E-state index contributed by atoms with van der Waals surface area (Å²) in [5, 5.41) is 10.3. The van der Waals surface area contributed by atoms with Gasteiger partial charge < -0.3 is 5.73 Å². The lowest BCUT2D eigenvalue weighted by molar-refractivity contribution is 0.420. The van der Waals surface area contributed by atoms with Crippen LogP contribution in [0, 0.1) is 12.8 Å². The van der Waals surface area contributed by atoms with Gasteiger partial charge in [-0.15, -0.1) is 10.2 Å². The normalized spacial score (nSPS) is 32.4. The number of hydrogen-bond donors (Lipinski definition) is 1. The summed E-state index contributed by atoms with van der Waals surface area (Å²) in [5.74, 6) is 0.782. The highest BCUT2D eigenvalue weighted by atomic mass is 32.1. The highest BCUT2D eigenvalue weighted by Crippen LogP contribution is 2.42. The van der Waals surface area contributed by atoms with Crippen molar-refractivity contribution in [3.8, 4) is 0 Å². The molecule has 0 aromatic carbocycles. The van der Waals surface area contributed by atoms with Gasteiger partial charge in [-0.1, -0.05) is 24.7 Å². The zero-order valence-corrected chi connectivity index (χ0v) is 9.60. The molecular weight excluding hydrogens is 194 g/mol. The minimum absolute atomic E-state index is 0.174. The van der Waals surface area contributed by atoms with Crippen molar-refractivity contribution in [2.24, 2.45) is 11.7 Å². The van der Waals surface area contributed by atoms with E-state index in [0.29, 0.717) is 0 Å². The van der Waals surface area contributed by atoms with Crippen LogP contribution in [0.5, 0.6) is 0 Å². The molecule has 1 aromatic heterocycles. The summed E-state index contributed by atoms with van der Waals surface area (Å²) < 4.78 is 0. The second kappa shape index (κ2) is 3.59. The minimum atomic E-state index is -0.174. The van der Waals surface area contributed by atoms with E-state index in [-0.39, 0.29) is 5.54 Å². The van der Waals surface area contributed by atoms with E-state index in [4.69, 9.17) is 5.73 Å². The third-order valence-electron chi connectivity index (χ3n) is 3.18.